The van der Waals surface area contributed by atoms with Crippen LogP contribution in [0.25, 0.3) is 0 Å². The van der Waals surface area contributed by atoms with Gasteiger partial charge in [-0.15, -0.1) is 0 Å². The first-order valence-corrected chi connectivity index (χ1v) is 9.86. The molecule has 0 aromatic rings. The molecule has 0 amide bonds. The molecule has 10 heavy (non-hydrogen) atoms. The van der Waals surface area contributed by atoms with Crippen LogP contribution in [0.3, 0.4) is 0 Å². The fourth-order valence-electron chi connectivity index (χ4n) is 0.784. The maximum Gasteiger partial charge on any atom is 0.172 e. The molecule has 0 N–H and O–H groups in total. The predicted molar refractivity (Wildman–Crippen MR) is 52.3 cm³/mol. The van der Waals surface area contributed by atoms with Gasteiger partial charge in [0.25, 0.3) is 0 Å². The summed E-state index contributed by atoms with van der Waals surface area (Å²) in [6.07, 6.45) is 0. The third kappa shape index (κ3) is 5.26. The highest BCUT2D eigenvalue weighted by Crippen LogP contribution is 2.14. The average Bonchev–Trinajstić information content (AvgIpc) is 1.60. The monoisotopic (exact) mass is 172 g/mol. The topological polar surface area (TPSA) is 9.23 Å². The Bertz CT molecular complexity index is 109. The molecule has 0 heterocycles. The Morgan fingerprint density at radius 2 is 1.60 bits per heavy atom. The van der Waals surface area contributed by atoms with E-state index < -0.39 is 16.5 Å². The lowest BCUT2D eigenvalue weighted by atomic mass is 10.7. The smallest absolute Gasteiger partial charge is 0.172 e. The van der Waals surface area contributed by atoms with Crippen molar-refractivity contribution in [1.82, 2.24) is 0 Å². The first-order valence-electron chi connectivity index (χ1n) is 3.76. The minimum atomic E-state index is -1.75. The van der Waals surface area contributed by atoms with E-state index in [1.807, 2.05) is 13.1 Å². The van der Waals surface area contributed by atoms with Crippen LogP contribution in [0.2, 0.25) is 32.2 Å². The molecule has 0 aliphatic rings. The minimum Gasteiger partial charge on any atom is -0.463 e. The Morgan fingerprint density at radius 1 is 1.20 bits per heavy atom. The second-order valence-corrected chi connectivity index (χ2v) is 12.1. The highest BCUT2D eigenvalue weighted by atomic mass is 28.4. The highest BCUT2D eigenvalue weighted by Gasteiger charge is 2.26. The molecule has 0 aromatic heterocycles. The van der Waals surface area contributed by atoms with Gasteiger partial charge in [0.05, 0.1) is 7.44 Å². The Morgan fingerprint density at radius 3 is 1.70 bits per heavy atom. The largest absolute Gasteiger partial charge is 0.463 e. The molecule has 0 atom stereocenters. The zero-order valence-corrected chi connectivity index (χ0v) is 9.69. The van der Waals surface area contributed by atoms with E-state index in [4.69, 9.17) is 11.6 Å². The van der Waals surface area contributed by atoms with Crippen molar-refractivity contribution in [2.24, 2.45) is 0 Å². The van der Waals surface area contributed by atoms with E-state index >= 15 is 0 Å². The van der Waals surface area contributed by atoms with Gasteiger partial charge in [-0.25, -0.2) is 0 Å². The zero-order valence-electron chi connectivity index (χ0n) is 7.69. The van der Waals surface area contributed by atoms with Gasteiger partial charge in [0.15, 0.2) is 8.32 Å². The van der Waals surface area contributed by atoms with Gasteiger partial charge < -0.3 is 4.12 Å². The van der Waals surface area contributed by atoms with Crippen molar-refractivity contribution in [1.29, 1.82) is 0 Å². The molecule has 0 saturated heterocycles. The quantitative estimate of drug-likeness (QED) is 0.592. The Labute approximate surface area is 67.8 Å². The van der Waals surface area contributed by atoms with E-state index in [1.165, 1.54) is 0 Å². The van der Waals surface area contributed by atoms with E-state index in [0.29, 0.717) is 0 Å². The summed E-state index contributed by atoms with van der Waals surface area (Å²) in [5, 5.41) is 0. The molecule has 4 heteroatoms. The zero-order chi connectivity index (χ0) is 8.41. The molecule has 0 aliphatic carbocycles. The van der Waals surface area contributed by atoms with Gasteiger partial charge in [-0.05, 0) is 19.1 Å². The maximum absolute atomic E-state index is 5.85. The Kier molecular flexibility index (Phi) is 3.39. The molecule has 2 radical (unpaired) electrons. The van der Waals surface area contributed by atoms with E-state index in [2.05, 4.69) is 20.0 Å². The second-order valence-electron chi connectivity index (χ2n) is 3.82. The predicted octanol–water partition coefficient (Wildman–Crippen LogP) is 2.10. The number of rotatable bonds is 3. The molecular weight excluding hydrogens is 155 g/mol. The van der Waals surface area contributed by atoms with Crippen LogP contribution in [0, 0.1) is 0 Å². The molecule has 0 spiro atoms. The van der Waals surface area contributed by atoms with Gasteiger partial charge in [0.1, 0.15) is 8.19 Å². The molecule has 0 saturated carbocycles. The molecule has 0 unspecified atom stereocenters. The van der Waals surface area contributed by atoms with Crippen LogP contribution in [0.15, 0.2) is 0 Å². The number of hydrogen-bond acceptors (Lipinski definition) is 1. The van der Waals surface area contributed by atoms with E-state index in [0.717, 1.165) is 6.04 Å². The summed E-state index contributed by atoms with van der Waals surface area (Å²) in [4.78, 5) is 0. The van der Waals surface area contributed by atoms with Crippen LogP contribution in [-0.2, 0) is 4.12 Å². The van der Waals surface area contributed by atoms with Gasteiger partial charge in [-0.2, -0.15) is 0 Å². The number of hydrogen-bond donors (Lipinski definition) is 0. The summed E-state index contributed by atoms with van der Waals surface area (Å²) >= 11 is 0. The van der Waals surface area contributed by atoms with Crippen LogP contribution in [0.4, 0.5) is 0 Å². The molecule has 1 nitrogen and oxygen atoms in total. The third-order valence-corrected chi connectivity index (χ3v) is 7.41. The SMILES string of the molecule is [B][Si](C)(C)O[Si](C)(C)CC. The Hall–Kier alpha value is 0.459. The van der Waals surface area contributed by atoms with Gasteiger partial charge in [0, 0.05) is 0 Å². The average molecular weight is 172 g/mol. The van der Waals surface area contributed by atoms with Crippen LogP contribution >= 0.6 is 0 Å². The van der Waals surface area contributed by atoms with Crippen molar-refractivity contribution in [3.63, 3.8) is 0 Å². The minimum absolute atomic E-state index is 1.15. The molecule has 58 valence electrons. The van der Waals surface area contributed by atoms with Gasteiger partial charge in [0.2, 0.25) is 0 Å². The highest BCUT2D eigenvalue weighted by molar-refractivity contribution is 7.14. The fourth-order valence-corrected chi connectivity index (χ4v) is 7.06. The molecular formula is C6H17BOSi2. The maximum atomic E-state index is 5.85. The van der Waals surface area contributed by atoms with Gasteiger partial charge in [-0.3, -0.25) is 0 Å². The lowest BCUT2D eigenvalue weighted by Crippen LogP contribution is -2.44. The first-order chi connectivity index (χ1) is 4.27. The standard InChI is InChI=1S/C6H17BOSi2/c1-6-9(2,3)8-10(4,5)7/h6H2,1-5H3. The summed E-state index contributed by atoms with van der Waals surface area (Å²) in [7, 11) is 2.72. The molecule has 0 rings (SSSR count). The van der Waals surface area contributed by atoms with Crippen molar-refractivity contribution in [2.45, 2.75) is 39.2 Å². The summed E-state index contributed by atoms with van der Waals surface area (Å²) < 4.78 is 5.83. The van der Waals surface area contributed by atoms with E-state index in [-0.39, 0.29) is 0 Å². The summed E-state index contributed by atoms with van der Waals surface area (Å²) in [6, 6.07) is 1.15. The van der Waals surface area contributed by atoms with Gasteiger partial charge >= 0.3 is 0 Å². The molecule has 0 fully saturated rings. The molecule has 0 aromatic carbocycles. The molecule has 0 bridgehead atoms. The van der Waals surface area contributed by atoms with Crippen molar-refractivity contribution in [3.8, 4) is 0 Å². The van der Waals surface area contributed by atoms with Crippen molar-refractivity contribution in [2.75, 3.05) is 0 Å². The van der Waals surface area contributed by atoms with Gasteiger partial charge in [-0.1, -0.05) is 20.0 Å². The van der Waals surface area contributed by atoms with Crippen LogP contribution < -0.4 is 0 Å². The summed E-state index contributed by atoms with van der Waals surface area (Å²) in [5.74, 6) is 0. The molecule has 0 aliphatic heterocycles. The lowest BCUT2D eigenvalue weighted by Gasteiger charge is -2.31. The van der Waals surface area contributed by atoms with E-state index in [1.54, 1.807) is 0 Å². The Balaban J connectivity index is 3.89. The van der Waals surface area contributed by atoms with Crippen LogP contribution in [-0.4, -0.2) is 23.9 Å². The van der Waals surface area contributed by atoms with Crippen molar-refractivity contribution in [3.05, 3.63) is 0 Å². The van der Waals surface area contributed by atoms with Crippen LogP contribution in [0.5, 0.6) is 0 Å². The van der Waals surface area contributed by atoms with Crippen molar-refractivity contribution >= 4 is 23.9 Å². The second kappa shape index (κ2) is 3.24. The summed E-state index contributed by atoms with van der Waals surface area (Å²) in [5.41, 5.74) is 0. The fraction of sp³-hybridized carbons (Fsp3) is 1.00. The summed E-state index contributed by atoms with van der Waals surface area (Å²) in [6.45, 7) is 10.7. The van der Waals surface area contributed by atoms with Crippen molar-refractivity contribution < 1.29 is 4.12 Å². The van der Waals surface area contributed by atoms with E-state index in [9.17, 15) is 0 Å². The van der Waals surface area contributed by atoms with Crippen LogP contribution in [0.1, 0.15) is 6.92 Å². The first kappa shape index (κ1) is 10.5. The lowest BCUT2D eigenvalue weighted by molar-refractivity contribution is 0.564. The normalized spacial score (nSPS) is 13.7. The third-order valence-electron chi connectivity index (χ3n) is 1.39.